The summed E-state index contributed by atoms with van der Waals surface area (Å²) in [5.41, 5.74) is 5.98. The van der Waals surface area contributed by atoms with Crippen LogP contribution in [0.15, 0.2) is 36.4 Å². The maximum Gasteiger partial charge on any atom is 0.255 e. The Hall–Kier alpha value is -2.47. The Bertz CT molecular complexity index is 959. The van der Waals surface area contributed by atoms with Crippen LogP contribution in [0.25, 0.3) is 0 Å². The molecule has 1 aliphatic carbocycles. The number of benzene rings is 2. The summed E-state index contributed by atoms with van der Waals surface area (Å²) < 4.78 is 32.0. The summed E-state index contributed by atoms with van der Waals surface area (Å²) in [7, 11) is 0. The van der Waals surface area contributed by atoms with Crippen LogP contribution in [0.4, 0.5) is 8.78 Å². The zero-order valence-corrected chi connectivity index (χ0v) is 20.4. The summed E-state index contributed by atoms with van der Waals surface area (Å²) in [5.74, 6) is -2.47. The lowest BCUT2D eigenvalue weighted by atomic mass is 9.89. The van der Waals surface area contributed by atoms with Crippen LogP contribution in [0, 0.1) is 12.8 Å². The van der Waals surface area contributed by atoms with Crippen LogP contribution in [-0.4, -0.2) is 29.9 Å². The monoisotopic (exact) mass is 458 g/mol. The van der Waals surface area contributed by atoms with E-state index in [1.54, 1.807) is 0 Å². The Kier molecular flexibility index (Phi) is 8.11. The van der Waals surface area contributed by atoms with E-state index >= 15 is 0 Å². The molecule has 2 aromatic carbocycles. The number of nitrogens with one attached hydrogen (secondary N) is 1. The first kappa shape index (κ1) is 25.2. The van der Waals surface area contributed by atoms with Crippen molar-refractivity contribution in [2.75, 3.05) is 13.2 Å². The number of rotatable bonds is 7. The van der Waals surface area contributed by atoms with Crippen LogP contribution in [0.2, 0.25) is 0 Å². The number of hydrogen-bond acceptors (Lipinski definition) is 3. The highest BCUT2D eigenvalue weighted by molar-refractivity contribution is 5.72. The highest BCUT2D eigenvalue weighted by atomic mass is 19.3. The third-order valence-corrected chi connectivity index (χ3v) is 6.58. The van der Waals surface area contributed by atoms with Gasteiger partial charge in [0.05, 0.1) is 12.5 Å². The van der Waals surface area contributed by atoms with E-state index in [-0.39, 0.29) is 25.0 Å². The molecular weight excluding hydrogens is 422 g/mol. The van der Waals surface area contributed by atoms with Crippen LogP contribution in [0.5, 0.6) is 5.75 Å². The third kappa shape index (κ3) is 6.11. The number of amides is 1. The molecule has 180 valence electrons. The minimum absolute atomic E-state index is 0.0285. The van der Waals surface area contributed by atoms with Crippen molar-refractivity contribution in [1.29, 1.82) is 0 Å². The lowest BCUT2D eigenvalue weighted by Crippen LogP contribution is -2.34. The fraction of sp³-hybridized carbons (Fsp3) is 0.519. The first-order valence-electron chi connectivity index (χ1n) is 11.9. The summed E-state index contributed by atoms with van der Waals surface area (Å²) in [6.07, 6.45) is 0.861. The first-order chi connectivity index (χ1) is 15.7. The Morgan fingerprint density at radius 3 is 2.39 bits per heavy atom. The van der Waals surface area contributed by atoms with Crippen molar-refractivity contribution in [3.05, 3.63) is 64.2 Å². The minimum Gasteiger partial charge on any atom is -0.493 e. The van der Waals surface area contributed by atoms with Gasteiger partial charge in [-0.3, -0.25) is 9.69 Å². The van der Waals surface area contributed by atoms with Crippen molar-refractivity contribution in [3.8, 4) is 5.75 Å². The molecule has 1 N–H and O–H groups in total. The molecule has 1 fully saturated rings. The molecule has 1 amide bonds. The van der Waals surface area contributed by atoms with Gasteiger partial charge in [0.15, 0.2) is 0 Å². The van der Waals surface area contributed by atoms with Crippen molar-refractivity contribution < 1.29 is 18.3 Å². The van der Waals surface area contributed by atoms with Crippen molar-refractivity contribution in [2.45, 2.75) is 72.5 Å². The number of fused-ring (bicyclic) bond motifs is 1. The smallest absolute Gasteiger partial charge is 0.255 e. The van der Waals surface area contributed by atoms with Gasteiger partial charge in [-0.25, -0.2) is 8.78 Å². The van der Waals surface area contributed by atoms with Crippen molar-refractivity contribution >= 4 is 5.91 Å². The molecule has 0 radical (unpaired) electrons. The Morgan fingerprint density at radius 2 is 1.79 bits per heavy atom. The SMILES string of the molecule is CC.CC(=O)NCc1ccc(CN2CCc3c(ccc(OCC4CC4(F)F)c3C)C2C)cc1. The highest BCUT2D eigenvalue weighted by Crippen LogP contribution is 2.48. The Balaban J connectivity index is 0.00000149. The van der Waals surface area contributed by atoms with Crippen LogP contribution < -0.4 is 10.1 Å². The number of nitrogens with zero attached hydrogens (tertiary/aromatic N) is 1. The molecule has 1 aliphatic heterocycles. The quantitative estimate of drug-likeness (QED) is 0.569. The minimum atomic E-state index is -2.54. The van der Waals surface area contributed by atoms with E-state index in [9.17, 15) is 13.6 Å². The number of carbonyl (C=O) groups is 1. The topological polar surface area (TPSA) is 41.6 Å². The van der Waals surface area contributed by atoms with E-state index in [0.29, 0.717) is 6.54 Å². The van der Waals surface area contributed by atoms with Gasteiger partial charge >= 0.3 is 0 Å². The van der Waals surface area contributed by atoms with Gasteiger partial charge in [-0.1, -0.05) is 44.2 Å². The fourth-order valence-corrected chi connectivity index (χ4v) is 4.36. The van der Waals surface area contributed by atoms with Crippen LogP contribution in [0.1, 0.15) is 68.0 Å². The highest BCUT2D eigenvalue weighted by Gasteiger charge is 2.57. The van der Waals surface area contributed by atoms with E-state index in [2.05, 4.69) is 47.5 Å². The molecule has 2 atom stereocenters. The second-order valence-corrected chi connectivity index (χ2v) is 8.85. The van der Waals surface area contributed by atoms with Gasteiger partial charge in [-0.05, 0) is 54.2 Å². The van der Waals surface area contributed by atoms with E-state index in [4.69, 9.17) is 4.74 Å². The van der Waals surface area contributed by atoms with Gasteiger partial charge < -0.3 is 10.1 Å². The van der Waals surface area contributed by atoms with Gasteiger partial charge in [0, 0.05) is 39.0 Å². The van der Waals surface area contributed by atoms with Crippen molar-refractivity contribution in [1.82, 2.24) is 10.2 Å². The lowest BCUT2D eigenvalue weighted by Gasteiger charge is -2.36. The second-order valence-electron chi connectivity index (χ2n) is 8.85. The molecule has 0 aromatic heterocycles. The summed E-state index contributed by atoms with van der Waals surface area (Å²) >= 11 is 0. The molecule has 6 heteroatoms. The first-order valence-corrected chi connectivity index (χ1v) is 11.9. The largest absolute Gasteiger partial charge is 0.493 e. The van der Waals surface area contributed by atoms with Crippen LogP contribution in [-0.2, 0) is 24.3 Å². The van der Waals surface area contributed by atoms with Gasteiger partial charge in [0.2, 0.25) is 5.91 Å². The molecule has 2 aromatic rings. The maximum absolute atomic E-state index is 13.1. The van der Waals surface area contributed by atoms with Gasteiger partial charge in [0.25, 0.3) is 5.92 Å². The summed E-state index contributed by atoms with van der Waals surface area (Å²) in [4.78, 5) is 13.5. The zero-order valence-electron chi connectivity index (χ0n) is 20.4. The standard InChI is InChI=1S/C25H30F2N2O2.C2H6/c1-16-22-10-11-29(14-20-6-4-19(5-7-20)13-28-18(3)30)17(2)23(22)8-9-24(16)31-15-21-12-25(21,26)27;1-2/h4-9,17,21H,10-15H2,1-3H3,(H,28,30);1-2H3. The third-order valence-electron chi connectivity index (χ3n) is 6.58. The zero-order chi connectivity index (χ0) is 24.2. The molecule has 4 rings (SSSR count). The van der Waals surface area contributed by atoms with E-state index in [1.807, 2.05) is 26.8 Å². The van der Waals surface area contributed by atoms with Crippen LogP contribution in [0.3, 0.4) is 0 Å². The van der Waals surface area contributed by atoms with Crippen molar-refractivity contribution in [2.24, 2.45) is 5.92 Å². The molecule has 33 heavy (non-hydrogen) atoms. The van der Waals surface area contributed by atoms with E-state index < -0.39 is 11.8 Å². The summed E-state index contributed by atoms with van der Waals surface area (Å²) in [6.45, 7) is 12.2. The molecule has 0 saturated heterocycles. The van der Waals surface area contributed by atoms with E-state index in [0.717, 1.165) is 36.4 Å². The Morgan fingerprint density at radius 1 is 1.15 bits per heavy atom. The number of alkyl halides is 2. The van der Waals surface area contributed by atoms with Crippen LogP contribution >= 0.6 is 0 Å². The second kappa shape index (κ2) is 10.6. The number of hydrogen-bond donors (Lipinski definition) is 1. The predicted octanol–water partition coefficient (Wildman–Crippen LogP) is 5.81. The Labute approximate surface area is 196 Å². The molecule has 4 nitrogen and oxygen atoms in total. The summed E-state index contributed by atoms with van der Waals surface area (Å²) in [5, 5.41) is 2.82. The number of ether oxygens (including phenoxy) is 1. The number of halogens is 2. The molecule has 2 aliphatic rings. The summed E-state index contributed by atoms with van der Waals surface area (Å²) in [6, 6.07) is 12.7. The lowest BCUT2D eigenvalue weighted by molar-refractivity contribution is -0.119. The van der Waals surface area contributed by atoms with Crippen molar-refractivity contribution in [3.63, 3.8) is 0 Å². The predicted molar refractivity (Wildman–Crippen MR) is 128 cm³/mol. The average molecular weight is 459 g/mol. The maximum atomic E-state index is 13.1. The fourth-order valence-electron chi connectivity index (χ4n) is 4.36. The normalized spacial score (nSPS) is 20.8. The van der Waals surface area contributed by atoms with Gasteiger partial charge in [-0.15, -0.1) is 0 Å². The molecule has 2 unspecified atom stereocenters. The molecule has 0 spiro atoms. The molecule has 1 heterocycles. The van der Waals surface area contributed by atoms with Gasteiger partial charge in [0.1, 0.15) is 5.75 Å². The average Bonchev–Trinajstić information content (AvgIpc) is 3.42. The van der Waals surface area contributed by atoms with E-state index in [1.165, 1.54) is 23.6 Å². The van der Waals surface area contributed by atoms with Gasteiger partial charge in [-0.2, -0.15) is 0 Å². The molecule has 0 bridgehead atoms. The number of carbonyl (C=O) groups excluding carboxylic acids is 1. The molecular formula is C27H36F2N2O2. The molecule has 1 saturated carbocycles.